The van der Waals surface area contributed by atoms with E-state index in [1.165, 1.54) is 12.1 Å². The molecule has 0 unspecified atom stereocenters. The summed E-state index contributed by atoms with van der Waals surface area (Å²) in [5, 5.41) is 15.5. The standard InChI is InChI=1S/C20H26ClFN2O3.2ClH/c1-26-20-11-15(13-24-8-2-7-23-9-10-25)3-6-19(20)27-14-16-4-5-17(22)12-18(16)21;;/h3-6,11-12,23-25H,2,7-10,13-14H2,1H3;2*1H. The first kappa shape index (κ1) is 27.7. The predicted molar refractivity (Wildman–Crippen MR) is 120 cm³/mol. The Bertz CT molecular complexity index is 723. The van der Waals surface area contributed by atoms with Crippen LogP contribution >= 0.6 is 36.4 Å². The monoisotopic (exact) mass is 468 g/mol. The minimum Gasteiger partial charge on any atom is -0.493 e. The minimum atomic E-state index is -0.373. The van der Waals surface area contributed by atoms with Crippen LogP contribution in [-0.2, 0) is 13.2 Å². The first-order valence-corrected chi connectivity index (χ1v) is 9.27. The van der Waals surface area contributed by atoms with Crippen molar-refractivity contribution in [3.63, 3.8) is 0 Å². The molecule has 3 N–H and O–H groups in total. The summed E-state index contributed by atoms with van der Waals surface area (Å²) in [5.41, 5.74) is 1.79. The van der Waals surface area contributed by atoms with Crippen molar-refractivity contribution in [1.29, 1.82) is 0 Å². The highest BCUT2D eigenvalue weighted by Gasteiger charge is 2.08. The number of halogens is 4. The topological polar surface area (TPSA) is 62.8 Å². The van der Waals surface area contributed by atoms with E-state index in [0.29, 0.717) is 28.6 Å². The summed E-state index contributed by atoms with van der Waals surface area (Å²) >= 11 is 6.03. The van der Waals surface area contributed by atoms with E-state index in [1.54, 1.807) is 13.2 Å². The maximum Gasteiger partial charge on any atom is 0.161 e. The third-order valence-corrected chi connectivity index (χ3v) is 4.30. The van der Waals surface area contributed by atoms with Gasteiger partial charge in [-0.25, -0.2) is 4.39 Å². The number of hydrogen-bond acceptors (Lipinski definition) is 5. The van der Waals surface area contributed by atoms with Gasteiger partial charge in [-0.3, -0.25) is 0 Å². The van der Waals surface area contributed by atoms with Gasteiger partial charge in [0, 0.05) is 18.7 Å². The van der Waals surface area contributed by atoms with Crippen LogP contribution < -0.4 is 20.1 Å². The number of methoxy groups -OCH3 is 1. The zero-order valence-electron chi connectivity index (χ0n) is 16.2. The molecule has 0 aliphatic heterocycles. The molecule has 0 amide bonds. The van der Waals surface area contributed by atoms with E-state index in [4.69, 9.17) is 26.2 Å². The van der Waals surface area contributed by atoms with E-state index in [-0.39, 0.29) is 43.8 Å². The molecule has 0 spiro atoms. The molecule has 5 nitrogen and oxygen atoms in total. The number of rotatable bonds is 12. The van der Waals surface area contributed by atoms with Crippen LogP contribution in [0.3, 0.4) is 0 Å². The quantitative estimate of drug-likeness (QED) is 0.411. The molecule has 0 radical (unpaired) electrons. The fraction of sp³-hybridized carbons (Fsp3) is 0.400. The van der Waals surface area contributed by atoms with Crippen molar-refractivity contribution in [2.24, 2.45) is 0 Å². The van der Waals surface area contributed by atoms with Crippen LogP contribution in [0.25, 0.3) is 0 Å². The molecular formula is C20H28Cl3FN2O3. The van der Waals surface area contributed by atoms with Gasteiger partial charge in [0.25, 0.3) is 0 Å². The second-order valence-corrected chi connectivity index (χ2v) is 6.42. The van der Waals surface area contributed by atoms with Gasteiger partial charge in [-0.2, -0.15) is 0 Å². The molecule has 0 saturated heterocycles. The lowest BCUT2D eigenvalue weighted by Gasteiger charge is -2.13. The van der Waals surface area contributed by atoms with Gasteiger partial charge in [0.2, 0.25) is 0 Å². The van der Waals surface area contributed by atoms with Crippen LogP contribution in [0.15, 0.2) is 36.4 Å². The third kappa shape index (κ3) is 9.85. The van der Waals surface area contributed by atoms with Gasteiger partial charge < -0.3 is 25.2 Å². The molecule has 0 saturated carbocycles. The summed E-state index contributed by atoms with van der Waals surface area (Å²) in [7, 11) is 1.59. The Morgan fingerprint density at radius 3 is 2.45 bits per heavy atom. The number of ether oxygens (including phenoxy) is 2. The van der Waals surface area contributed by atoms with E-state index < -0.39 is 0 Å². The summed E-state index contributed by atoms with van der Waals surface area (Å²) in [4.78, 5) is 0. The lowest BCUT2D eigenvalue weighted by atomic mass is 10.2. The van der Waals surface area contributed by atoms with Crippen LogP contribution in [0.5, 0.6) is 11.5 Å². The van der Waals surface area contributed by atoms with E-state index in [9.17, 15) is 4.39 Å². The van der Waals surface area contributed by atoms with Gasteiger partial charge in [0.1, 0.15) is 12.4 Å². The highest BCUT2D eigenvalue weighted by atomic mass is 35.5. The van der Waals surface area contributed by atoms with Crippen molar-refractivity contribution in [3.8, 4) is 11.5 Å². The summed E-state index contributed by atoms with van der Waals surface area (Å²) in [6, 6.07) is 10.00. The fourth-order valence-corrected chi connectivity index (χ4v) is 2.73. The first-order chi connectivity index (χ1) is 13.1. The van der Waals surface area contributed by atoms with Gasteiger partial charge in [0.15, 0.2) is 11.5 Å². The Morgan fingerprint density at radius 2 is 1.76 bits per heavy atom. The zero-order chi connectivity index (χ0) is 19.5. The minimum absolute atomic E-state index is 0. The lowest BCUT2D eigenvalue weighted by molar-refractivity contribution is 0.284. The molecule has 0 aromatic heterocycles. The number of aliphatic hydroxyl groups is 1. The maximum atomic E-state index is 13.1. The van der Waals surface area contributed by atoms with Crippen LogP contribution in [0.4, 0.5) is 4.39 Å². The van der Waals surface area contributed by atoms with E-state index in [0.717, 1.165) is 31.6 Å². The molecular weight excluding hydrogens is 442 g/mol. The van der Waals surface area contributed by atoms with Crippen LogP contribution in [0, 0.1) is 5.82 Å². The van der Waals surface area contributed by atoms with Crippen LogP contribution in [-0.4, -0.2) is 38.5 Å². The summed E-state index contributed by atoms with van der Waals surface area (Å²) in [5.74, 6) is 0.870. The molecule has 0 aliphatic rings. The lowest BCUT2D eigenvalue weighted by Crippen LogP contribution is -2.23. The molecule has 0 atom stereocenters. The normalized spacial score (nSPS) is 10.1. The molecule has 0 heterocycles. The number of hydrogen-bond donors (Lipinski definition) is 3. The second kappa shape index (κ2) is 15.5. The van der Waals surface area contributed by atoms with Crippen molar-refractivity contribution in [3.05, 3.63) is 58.4 Å². The first-order valence-electron chi connectivity index (χ1n) is 8.90. The summed E-state index contributed by atoms with van der Waals surface area (Å²) in [6.45, 7) is 3.49. The molecule has 0 aliphatic carbocycles. The number of nitrogens with one attached hydrogen (secondary N) is 2. The Morgan fingerprint density at radius 1 is 1.00 bits per heavy atom. The number of aliphatic hydroxyl groups excluding tert-OH is 1. The fourth-order valence-electron chi connectivity index (χ4n) is 2.51. The highest BCUT2D eigenvalue weighted by Crippen LogP contribution is 2.29. The van der Waals surface area contributed by atoms with Crippen LogP contribution in [0.2, 0.25) is 5.02 Å². The average Bonchev–Trinajstić information content (AvgIpc) is 2.67. The van der Waals surface area contributed by atoms with Crippen molar-refractivity contribution >= 4 is 36.4 Å². The van der Waals surface area contributed by atoms with Gasteiger partial charge in [0.05, 0.1) is 18.7 Å². The summed E-state index contributed by atoms with van der Waals surface area (Å²) < 4.78 is 24.3. The number of benzene rings is 2. The van der Waals surface area contributed by atoms with E-state index in [2.05, 4.69) is 10.6 Å². The molecule has 164 valence electrons. The van der Waals surface area contributed by atoms with Gasteiger partial charge in [-0.05, 0) is 49.3 Å². The Hall–Kier alpha value is -1.28. The Labute approximate surface area is 188 Å². The highest BCUT2D eigenvalue weighted by molar-refractivity contribution is 6.31. The maximum absolute atomic E-state index is 13.1. The molecule has 2 aromatic rings. The smallest absolute Gasteiger partial charge is 0.161 e. The molecule has 2 aromatic carbocycles. The molecule has 2 rings (SSSR count). The Balaban J connectivity index is 0.00000392. The van der Waals surface area contributed by atoms with Crippen molar-refractivity contribution in [2.75, 3.05) is 33.4 Å². The van der Waals surface area contributed by atoms with Crippen molar-refractivity contribution < 1.29 is 19.0 Å². The van der Waals surface area contributed by atoms with Crippen molar-refractivity contribution in [2.45, 2.75) is 19.6 Å². The molecule has 0 fully saturated rings. The molecule has 0 bridgehead atoms. The molecule has 9 heteroatoms. The molecule has 29 heavy (non-hydrogen) atoms. The third-order valence-electron chi connectivity index (χ3n) is 3.95. The Kier molecular flexibility index (Phi) is 14.9. The SMILES string of the molecule is COc1cc(CNCCCNCCO)ccc1OCc1ccc(F)cc1Cl.Cl.Cl. The van der Waals surface area contributed by atoms with Crippen LogP contribution in [0.1, 0.15) is 17.5 Å². The second-order valence-electron chi connectivity index (χ2n) is 6.01. The predicted octanol–water partition coefficient (Wildman–Crippen LogP) is 3.97. The summed E-state index contributed by atoms with van der Waals surface area (Å²) in [6.07, 6.45) is 0.983. The van der Waals surface area contributed by atoms with Gasteiger partial charge >= 0.3 is 0 Å². The van der Waals surface area contributed by atoms with E-state index in [1.807, 2.05) is 18.2 Å². The average molecular weight is 470 g/mol. The van der Waals surface area contributed by atoms with Gasteiger partial charge in [-0.15, -0.1) is 24.8 Å². The van der Waals surface area contributed by atoms with Gasteiger partial charge in [-0.1, -0.05) is 23.7 Å². The van der Waals surface area contributed by atoms with E-state index >= 15 is 0 Å². The zero-order valence-corrected chi connectivity index (χ0v) is 18.6. The van der Waals surface area contributed by atoms with Crippen molar-refractivity contribution in [1.82, 2.24) is 10.6 Å². The largest absolute Gasteiger partial charge is 0.493 e.